The molecule has 1 aromatic carbocycles. The summed E-state index contributed by atoms with van der Waals surface area (Å²) < 4.78 is 34.3. The molecule has 0 aliphatic rings. The van der Waals surface area contributed by atoms with Gasteiger partial charge in [-0.15, -0.1) is 0 Å². The van der Waals surface area contributed by atoms with Gasteiger partial charge in [0.15, 0.2) is 0 Å². The summed E-state index contributed by atoms with van der Waals surface area (Å²) in [4.78, 5) is 8.26. The van der Waals surface area contributed by atoms with Gasteiger partial charge in [0.05, 0.1) is 23.0 Å². The number of halogens is 2. The van der Waals surface area contributed by atoms with Crippen molar-refractivity contribution in [3.8, 4) is 22.9 Å². The molecule has 3 heterocycles. The topological polar surface area (TPSA) is 52.3 Å². The molecular weight excluding hydrogens is 338 g/mol. The molecule has 7 heteroatoms. The van der Waals surface area contributed by atoms with Crippen molar-refractivity contribution in [3.63, 3.8) is 0 Å². The number of nitrogens with zero attached hydrogens (tertiary/aromatic N) is 4. The predicted molar refractivity (Wildman–Crippen MR) is 92.3 cm³/mol. The average molecular weight is 352 g/mol. The van der Waals surface area contributed by atoms with Crippen molar-refractivity contribution >= 4 is 5.52 Å². The summed E-state index contributed by atoms with van der Waals surface area (Å²) in [5, 5.41) is 4.30. The average Bonchev–Trinajstić information content (AvgIpc) is 3.11. The Hall–Kier alpha value is -3.35. The monoisotopic (exact) mass is 352 g/mol. The number of hydrogen-bond donors (Lipinski definition) is 0. The molecule has 130 valence electrons. The maximum atomic E-state index is 13.3. The van der Waals surface area contributed by atoms with Crippen LogP contribution >= 0.6 is 0 Å². The molecule has 0 fully saturated rings. The number of fused-ring (bicyclic) bond motifs is 1. The minimum absolute atomic E-state index is 0.0749. The van der Waals surface area contributed by atoms with Crippen molar-refractivity contribution in [2.45, 2.75) is 12.8 Å². The lowest BCUT2D eigenvalue weighted by Crippen LogP contribution is -2.06. The van der Waals surface area contributed by atoms with E-state index in [1.807, 2.05) is 24.3 Å². The van der Waals surface area contributed by atoms with Crippen LogP contribution in [0.5, 0.6) is 11.6 Å². The summed E-state index contributed by atoms with van der Waals surface area (Å²) in [6, 6.07) is 13.3. The minimum atomic E-state index is -2.89. The highest BCUT2D eigenvalue weighted by Crippen LogP contribution is 2.33. The highest BCUT2D eigenvalue weighted by atomic mass is 19.3. The van der Waals surface area contributed by atoms with Gasteiger partial charge in [-0.2, -0.15) is 5.10 Å². The Morgan fingerprint density at radius 1 is 1.04 bits per heavy atom. The number of benzene rings is 1. The van der Waals surface area contributed by atoms with Crippen molar-refractivity contribution in [3.05, 3.63) is 72.8 Å². The van der Waals surface area contributed by atoms with E-state index in [-0.39, 0.29) is 5.56 Å². The van der Waals surface area contributed by atoms with E-state index in [1.165, 1.54) is 30.6 Å². The van der Waals surface area contributed by atoms with Gasteiger partial charge in [-0.05, 0) is 42.5 Å². The molecule has 4 aromatic rings. The summed E-state index contributed by atoms with van der Waals surface area (Å²) in [5.41, 5.74) is 2.26. The van der Waals surface area contributed by atoms with Gasteiger partial charge in [-0.1, -0.05) is 6.07 Å². The molecular formula is C19H14F2N4O. The second kappa shape index (κ2) is 6.18. The third-order valence-electron chi connectivity index (χ3n) is 3.95. The fraction of sp³-hybridized carbons (Fsp3) is 0.105. The maximum Gasteiger partial charge on any atom is 0.270 e. The van der Waals surface area contributed by atoms with Crippen molar-refractivity contribution in [2.24, 2.45) is 0 Å². The van der Waals surface area contributed by atoms with Crippen molar-refractivity contribution in [2.75, 3.05) is 0 Å². The van der Waals surface area contributed by atoms with E-state index in [0.717, 1.165) is 18.1 Å². The number of hydrogen-bond acceptors (Lipinski definition) is 4. The first-order chi connectivity index (χ1) is 12.5. The van der Waals surface area contributed by atoms with Gasteiger partial charge in [0, 0.05) is 18.7 Å². The highest BCUT2D eigenvalue weighted by Gasteiger charge is 2.24. The SMILES string of the molecule is CC(F)(F)c1ccc(Oc2ncncc2-c2cccc3ccnn23)cc1. The van der Waals surface area contributed by atoms with E-state index in [9.17, 15) is 8.78 Å². The molecule has 26 heavy (non-hydrogen) atoms. The van der Waals surface area contributed by atoms with E-state index < -0.39 is 5.92 Å². The zero-order chi connectivity index (χ0) is 18.1. The van der Waals surface area contributed by atoms with E-state index in [1.54, 1.807) is 16.9 Å². The fourth-order valence-corrected chi connectivity index (χ4v) is 2.66. The third-order valence-corrected chi connectivity index (χ3v) is 3.95. The summed E-state index contributed by atoms with van der Waals surface area (Å²) in [6.45, 7) is 0.857. The van der Waals surface area contributed by atoms with Crippen LogP contribution in [-0.2, 0) is 5.92 Å². The number of aromatic nitrogens is 4. The summed E-state index contributed by atoms with van der Waals surface area (Å²) in [5.74, 6) is -2.17. The van der Waals surface area contributed by atoms with Crippen LogP contribution in [0.15, 0.2) is 67.3 Å². The molecule has 0 N–H and O–H groups in total. The first-order valence-corrected chi connectivity index (χ1v) is 7.92. The molecule has 0 amide bonds. The Labute approximate surface area is 147 Å². The van der Waals surface area contributed by atoms with Crippen LogP contribution in [0.4, 0.5) is 8.78 Å². The van der Waals surface area contributed by atoms with Gasteiger partial charge in [-0.25, -0.2) is 23.3 Å². The Balaban J connectivity index is 1.72. The van der Waals surface area contributed by atoms with Crippen LogP contribution in [0.25, 0.3) is 16.8 Å². The van der Waals surface area contributed by atoms with Crippen LogP contribution in [0.1, 0.15) is 12.5 Å². The highest BCUT2D eigenvalue weighted by molar-refractivity contribution is 5.68. The van der Waals surface area contributed by atoms with Gasteiger partial charge < -0.3 is 4.74 Å². The summed E-state index contributed by atoms with van der Waals surface area (Å²) >= 11 is 0. The number of ether oxygens (including phenoxy) is 1. The zero-order valence-electron chi connectivity index (χ0n) is 13.8. The van der Waals surface area contributed by atoms with Gasteiger partial charge in [0.25, 0.3) is 5.92 Å². The van der Waals surface area contributed by atoms with Gasteiger partial charge in [-0.3, -0.25) is 0 Å². The lowest BCUT2D eigenvalue weighted by atomic mass is 10.1. The Bertz CT molecular complexity index is 1060. The molecule has 0 saturated carbocycles. The first kappa shape index (κ1) is 16.1. The van der Waals surface area contributed by atoms with Crippen LogP contribution in [0.2, 0.25) is 0 Å². The van der Waals surface area contributed by atoms with Crippen molar-refractivity contribution < 1.29 is 13.5 Å². The van der Waals surface area contributed by atoms with E-state index in [0.29, 0.717) is 17.2 Å². The number of rotatable bonds is 4. The van der Waals surface area contributed by atoms with Gasteiger partial charge in [0.2, 0.25) is 5.88 Å². The smallest absolute Gasteiger partial charge is 0.270 e. The van der Waals surface area contributed by atoms with Crippen LogP contribution in [0.3, 0.4) is 0 Å². The van der Waals surface area contributed by atoms with Gasteiger partial charge in [0.1, 0.15) is 12.1 Å². The van der Waals surface area contributed by atoms with Crippen molar-refractivity contribution in [1.29, 1.82) is 0 Å². The second-order valence-electron chi connectivity index (χ2n) is 5.84. The Morgan fingerprint density at radius 2 is 1.85 bits per heavy atom. The fourth-order valence-electron chi connectivity index (χ4n) is 2.66. The predicted octanol–water partition coefficient (Wildman–Crippen LogP) is 4.70. The normalized spacial score (nSPS) is 11.7. The third kappa shape index (κ3) is 2.99. The molecule has 0 unspecified atom stereocenters. The Kier molecular flexibility index (Phi) is 3.84. The molecule has 0 radical (unpaired) electrons. The molecule has 0 saturated heterocycles. The van der Waals surface area contributed by atoms with Crippen LogP contribution in [-0.4, -0.2) is 19.6 Å². The van der Waals surface area contributed by atoms with Crippen molar-refractivity contribution in [1.82, 2.24) is 19.6 Å². The van der Waals surface area contributed by atoms with Gasteiger partial charge >= 0.3 is 0 Å². The molecule has 0 aliphatic carbocycles. The molecule has 3 aromatic heterocycles. The van der Waals surface area contributed by atoms with E-state index >= 15 is 0 Å². The second-order valence-corrected chi connectivity index (χ2v) is 5.84. The number of pyridine rings is 1. The zero-order valence-corrected chi connectivity index (χ0v) is 13.8. The van der Waals surface area contributed by atoms with E-state index in [2.05, 4.69) is 15.1 Å². The molecule has 0 atom stereocenters. The molecule has 4 rings (SSSR count). The molecule has 5 nitrogen and oxygen atoms in total. The van der Waals surface area contributed by atoms with Crippen LogP contribution < -0.4 is 4.74 Å². The lowest BCUT2D eigenvalue weighted by molar-refractivity contribution is 0.0174. The Morgan fingerprint density at radius 3 is 2.62 bits per heavy atom. The largest absolute Gasteiger partial charge is 0.438 e. The molecule has 0 spiro atoms. The minimum Gasteiger partial charge on any atom is -0.438 e. The maximum absolute atomic E-state index is 13.3. The van der Waals surface area contributed by atoms with E-state index in [4.69, 9.17) is 4.74 Å². The lowest BCUT2D eigenvalue weighted by Gasteiger charge is -2.13. The summed E-state index contributed by atoms with van der Waals surface area (Å²) in [7, 11) is 0. The molecule has 0 aliphatic heterocycles. The number of alkyl halides is 2. The quantitative estimate of drug-likeness (QED) is 0.534. The first-order valence-electron chi connectivity index (χ1n) is 7.92. The van der Waals surface area contributed by atoms with Crippen LogP contribution in [0, 0.1) is 0 Å². The standard InChI is InChI=1S/C19H14F2N4O/c1-19(20,21)13-5-7-15(8-6-13)26-18-16(11-22-12-23-18)17-4-2-3-14-9-10-24-25(14)17/h2-12H,1H3. The molecule has 0 bridgehead atoms. The summed E-state index contributed by atoms with van der Waals surface area (Å²) in [6.07, 6.45) is 4.71.